The van der Waals surface area contributed by atoms with Crippen LogP contribution in [-0.2, 0) is 16.0 Å². The van der Waals surface area contributed by atoms with Crippen LogP contribution in [0.2, 0.25) is 0 Å². The van der Waals surface area contributed by atoms with E-state index in [1.165, 1.54) is 0 Å². The number of ether oxygens (including phenoxy) is 1. The standard InChI is InChI=1S/C13H12ClF3O2/c14-8-11(18)19-10(12(15)13(16)17)7-6-9-4-2-1-3-5-9/h1-5,10H,6-8H2/t10-/m0/s1. The first kappa shape index (κ1) is 15.6. The second-order valence-electron chi connectivity index (χ2n) is 3.74. The average molecular weight is 293 g/mol. The van der Waals surface area contributed by atoms with Gasteiger partial charge in [0.2, 0.25) is 5.83 Å². The minimum Gasteiger partial charge on any atom is -0.454 e. The van der Waals surface area contributed by atoms with E-state index in [9.17, 15) is 18.0 Å². The van der Waals surface area contributed by atoms with Crippen LogP contribution in [-0.4, -0.2) is 18.0 Å². The van der Waals surface area contributed by atoms with Crippen LogP contribution in [0.1, 0.15) is 12.0 Å². The van der Waals surface area contributed by atoms with Gasteiger partial charge < -0.3 is 4.74 Å². The van der Waals surface area contributed by atoms with Crippen LogP contribution >= 0.6 is 11.6 Å². The molecule has 0 aliphatic heterocycles. The Morgan fingerprint density at radius 1 is 1.21 bits per heavy atom. The van der Waals surface area contributed by atoms with E-state index in [4.69, 9.17) is 11.6 Å². The fraction of sp³-hybridized carbons (Fsp3) is 0.308. The maximum atomic E-state index is 13.2. The van der Waals surface area contributed by atoms with Crippen molar-refractivity contribution in [3.8, 4) is 0 Å². The topological polar surface area (TPSA) is 26.3 Å². The second-order valence-corrected chi connectivity index (χ2v) is 4.01. The Hall–Kier alpha value is -1.49. The van der Waals surface area contributed by atoms with Crippen molar-refractivity contribution in [2.24, 2.45) is 0 Å². The molecule has 2 nitrogen and oxygen atoms in total. The Balaban J connectivity index is 2.69. The van der Waals surface area contributed by atoms with Crippen LogP contribution in [0, 0.1) is 0 Å². The summed E-state index contributed by atoms with van der Waals surface area (Å²) in [6.45, 7) is 0. The average Bonchev–Trinajstić information content (AvgIpc) is 2.43. The molecule has 0 unspecified atom stereocenters. The highest BCUT2D eigenvalue weighted by atomic mass is 35.5. The fourth-order valence-electron chi connectivity index (χ4n) is 1.49. The molecule has 0 amide bonds. The first-order chi connectivity index (χ1) is 9.04. The van der Waals surface area contributed by atoms with Gasteiger partial charge in [0.25, 0.3) is 0 Å². The van der Waals surface area contributed by atoms with Gasteiger partial charge in [-0.3, -0.25) is 4.79 Å². The van der Waals surface area contributed by atoms with Gasteiger partial charge >= 0.3 is 12.0 Å². The SMILES string of the molecule is O=C(CCl)O[C@@H](CCc1ccccc1)C(F)=C(F)F. The summed E-state index contributed by atoms with van der Waals surface area (Å²) in [7, 11) is 0. The van der Waals surface area contributed by atoms with Crippen molar-refractivity contribution in [2.45, 2.75) is 18.9 Å². The summed E-state index contributed by atoms with van der Waals surface area (Å²) < 4.78 is 42.2. The number of esters is 1. The molecule has 0 N–H and O–H groups in total. The minimum absolute atomic E-state index is 0.0736. The first-order valence-electron chi connectivity index (χ1n) is 5.54. The Morgan fingerprint density at radius 3 is 2.37 bits per heavy atom. The molecule has 1 aromatic rings. The molecule has 0 aromatic heterocycles. The maximum absolute atomic E-state index is 13.2. The summed E-state index contributed by atoms with van der Waals surface area (Å²) in [4.78, 5) is 11.0. The van der Waals surface area contributed by atoms with Gasteiger partial charge in [-0.25, -0.2) is 4.39 Å². The Bertz CT molecular complexity index is 444. The van der Waals surface area contributed by atoms with Gasteiger partial charge in [0.1, 0.15) is 5.88 Å². The van der Waals surface area contributed by atoms with Crippen molar-refractivity contribution in [2.75, 3.05) is 5.88 Å². The van der Waals surface area contributed by atoms with Gasteiger partial charge in [0.05, 0.1) is 0 Å². The van der Waals surface area contributed by atoms with Gasteiger partial charge in [-0.2, -0.15) is 8.78 Å². The summed E-state index contributed by atoms with van der Waals surface area (Å²) in [6.07, 6.45) is -3.85. The van der Waals surface area contributed by atoms with E-state index in [1.807, 2.05) is 0 Å². The third kappa shape index (κ3) is 5.34. The molecule has 0 bridgehead atoms. The number of alkyl halides is 1. The molecule has 104 valence electrons. The highest BCUT2D eigenvalue weighted by molar-refractivity contribution is 6.26. The number of hydrogen-bond donors (Lipinski definition) is 0. The largest absolute Gasteiger partial charge is 0.454 e. The first-order valence-corrected chi connectivity index (χ1v) is 6.08. The number of carbonyl (C=O) groups is 1. The van der Waals surface area contributed by atoms with E-state index < -0.39 is 29.9 Å². The lowest BCUT2D eigenvalue weighted by atomic mass is 10.1. The van der Waals surface area contributed by atoms with Crippen LogP contribution in [0.3, 0.4) is 0 Å². The van der Waals surface area contributed by atoms with Crippen LogP contribution in [0.5, 0.6) is 0 Å². The molecule has 0 saturated heterocycles. The normalized spacial score (nSPS) is 11.8. The van der Waals surface area contributed by atoms with Crippen molar-refractivity contribution < 1.29 is 22.7 Å². The summed E-state index contributed by atoms with van der Waals surface area (Å²) in [6, 6.07) is 8.89. The van der Waals surface area contributed by atoms with Crippen LogP contribution in [0.25, 0.3) is 0 Å². The Labute approximate surface area is 113 Å². The molecular formula is C13H12ClF3O2. The van der Waals surface area contributed by atoms with E-state index >= 15 is 0 Å². The summed E-state index contributed by atoms with van der Waals surface area (Å²) in [5, 5.41) is 0. The lowest BCUT2D eigenvalue weighted by Crippen LogP contribution is -2.21. The number of halogens is 4. The van der Waals surface area contributed by atoms with E-state index in [-0.39, 0.29) is 6.42 Å². The fourth-order valence-corrected chi connectivity index (χ4v) is 1.55. The van der Waals surface area contributed by atoms with Gasteiger partial charge in [-0.15, -0.1) is 11.6 Å². The van der Waals surface area contributed by atoms with Gasteiger partial charge in [0, 0.05) is 0 Å². The molecular weight excluding hydrogens is 281 g/mol. The molecule has 0 fully saturated rings. The zero-order valence-corrected chi connectivity index (χ0v) is 10.7. The molecule has 1 aromatic carbocycles. The van der Waals surface area contributed by atoms with Crippen molar-refractivity contribution >= 4 is 17.6 Å². The zero-order chi connectivity index (χ0) is 14.3. The highest BCUT2D eigenvalue weighted by Crippen LogP contribution is 2.21. The molecule has 0 radical (unpaired) electrons. The lowest BCUT2D eigenvalue weighted by molar-refractivity contribution is -0.145. The predicted molar refractivity (Wildman–Crippen MR) is 65.7 cm³/mol. The molecule has 0 saturated carbocycles. The molecule has 0 aliphatic carbocycles. The maximum Gasteiger partial charge on any atom is 0.321 e. The van der Waals surface area contributed by atoms with Gasteiger partial charge in [-0.1, -0.05) is 30.3 Å². The van der Waals surface area contributed by atoms with E-state index in [1.54, 1.807) is 30.3 Å². The third-order valence-electron chi connectivity index (χ3n) is 2.38. The van der Waals surface area contributed by atoms with Crippen LogP contribution in [0.4, 0.5) is 13.2 Å². The highest BCUT2D eigenvalue weighted by Gasteiger charge is 2.23. The zero-order valence-electron chi connectivity index (χ0n) is 9.91. The smallest absolute Gasteiger partial charge is 0.321 e. The van der Waals surface area contributed by atoms with Crippen molar-refractivity contribution in [1.29, 1.82) is 0 Å². The molecule has 19 heavy (non-hydrogen) atoms. The monoisotopic (exact) mass is 292 g/mol. The summed E-state index contributed by atoms with van der Waals surface area (Å²) >= 11 is 5.20. The molecule has 0 spiro atoms. The van der Waals surface area contributed by atoms with Crippen LogP contribution in [0.15, 0.2) is 42.2 Å². The minimum atomic E-state index is -2.49. The second kappa shape index (κ2) is 7.84. The number of hydrogen-bond acceptors (Lipinski definition) is 2. The molecule has 0 heterocycles. The van der Waals surface area contributed by atoms with Crippen molar-refractivity contribution in [3.63, 3.8) is 0 Å². The van der Waals surface area contributed by atoms with Gasteiger partial charge in [-0.05, 0) is 18.4 Å². The molecule has 1 atom stereocenters. The van der Waals surface area contributed by atoms with Crippen molar-refractivity contribution in [3.05, 3.63) is 47.8 Å². The summed E-state index contributed by atoms with van der Waals surface area (Å²) in [5.41, 5.74) is 0.835. The van der Waals surface area contributed by atoms with E-state index in [0.29, 0.717) is 6.42 Å². The molecule has 0 aliphatic rings. The van der Waals surface area contributed by atoms with Crippen molar-refractivity contribution in [1.82, 2.24) is 0 Å². The lowest BCUT2D eigenvalue weighted by Gasteiger charge is -2.15. The predicted octanol–water partition coefficient (Wildman–Crippen LogP) is 3.85. The van der Waals surface area contributed by atoms with Crippen LogP contribution < -0.4 is 0 Å². The molecule has 1 rings (SSSR count). The number of benzene rings is 1. The number of carbonyl (C=O) groups excluding carboxylic acids is 1. The Morgan fingerprint density at radius 2 is 1.84 bits per heavy atom. The third-order valence-corrected chi connectivity index (χ3v) is 2.60. The number of aryl methyl sites for hydroxylation is 1. The quantitative estimate of drug-likeness (QED) is 0.588. The Kier molecular flexibility index (Phi) is 6.42. The number of rotatable bonds is 6. The van der Waals surface area contributed by atoms with Gasteiger partial charge in [0.15, 0.2) is 6.10 Å². The van der Waals surface area contributed by atoms with E-state index in [2.05, 4.69) is 4.74 Å². The molecule has 6 heteroatoms. The van der Waals surface area contributed by atoms with E-state index in [0.717, 1.165) is 5.56 Å². The summed E-state index contributed by atoms with van der Waals surface area (Å²) in [5.74, 6) is -3.17.